The zero-order valence-electron chi connectivity index (χ0n) is 8.56. The Morgan fingerprint density at radius 3 is 2.00 bits per heavy atom. The van der Waals surface area contributed by atoms with Crippen molar-refractivity contribution in [3.63, 3.8) is 0 Å². The summed E-state index contributed by atoms with van der Waals surface area (Å²) in [4.78, 5) is 3.87. The molecule has 0 atom stereocenters. The first kappa shape index (κ1) is 9.84. The monoisotopic (exact) mass is 193 g/mol. The molecule has 2 aromatic rings. The van der Waals surface area contributed by atoms with Crippen molar-refractivity contribution in [3.05, 3.63) is 65.7 Å². The van der Waals surface area contributed by atoms with E-state index in [1.807, 2.05) is 18.2 Å². The Balaban J connectivity index is 2.15. The van der Waals surface area contributed by atoms with E-state index in [1.165, 1.54) is 11.1 Å². The predicted octanol–water partition coefficient (Wildman–Crippen LogP) is 2.99. The van der Waals surface area contributed by atoms with E-state index in [1.54, 1.807) is 0 Å². The average Bonchev–Trinajstić information content (AvgIpc) is 2.31. The molecule has 0 bridgehead atoms. The van der Waals surface area contributed by atoms with E-state index in [0.717, 1.165) is 12.1 Å². The summed E-state index contributed by atoms with van der Waals surface area (Å²) in [5.41, 5.74) is 3.55. The Morgan fingerprint density at radius 1 is 0.800 bits per heavy atom. The molecule has 0 radical (unpaired) electrons. The molecule has 2 heteroatoms. The van der Waals surface area contributed by atoms with Crippen LogP contribution in [-0.2, 0) is 6.42 Å². The van der Waals surface area contributed by atoms with Crippen molar-refractivity contribution < 1.29 is 0 Å². The van der Waals surface area contributed by atoms with Crippen LogP contribution in [0.3, 0.4) is 0 Å². The maximum absolute atomic E-state index is 3.87. The van der Waals surface area contributed by atoms with E-state index in [4.69, 9.17) is 0 Å². The summed E-state index contributed by atoms with van der Waals surface area (Å²) in [6.45, 7) is 0. The second-order valence-electron chi connectivity index (χ2n) is 3.49. The average molecular weight is 193 g/mol. The summed E-state index contributed by atoms with van der Waals surface area (Å²) in [6.07, 6.45) is 0.970. The topological polar surface area (TPSA) is 12.4 Å². The zero-order chi connectivity index (χ0) is 10.5. The summed E-state index contributed by atoms with van der Waals surface area (Å²) in [6, 6.07) is 18.6. The Bertz CT molecular complexity index is 434. The molecular formula is C13H12BN. The Kier molecular flexibility index (Phi) is 3.08. The molecule has 1 nitrogen and oxygen atoms in total. The summed E-state index contributed by atoms with van der Waals surface area (Å²) in [5.74, 6) is 0. The molecule has 0 unspecified atom stereocenters. The Labute approximate surface area is 90.9 Å². The van der Waals surface area contributed by atoms with Gasteiger partial charge in [0.05, 0.1) is 0 Å². The first-order valence-corrected chi connectivity index (χ1v) is 4.98. The first-order valence-electron chi connectivity index (χ1n) is 4.98. The van der Waals surface area contributed by atoms with Gasteiger partial charge in [0.2, 0.25) is 0 Å². The summed E-state index contributed by atoms with van der Waals surface area (Å²) < 4.78 is 0. The van der Waals surface area contributed by atoms with Gasteiger partial charge in [-0.3, -0.25) is 0 Å². The summed E-state index contributed by atoms with van der Waals surface area (Å²) in [5, 5.41) is 0. The molecule has 15 heavy (non-hydrogen) atoms. The van der Waals surface area contributed by atoms with Gasteiger partial charge in [-0.1, -0.05) is 0 Å². The summed E-state index contributed by atoms with van der Waals surface area (Å²) in [7, 11) is 3.49. The Hall–Kier alpha value is -1.70. The minimum atomic E-state index is 0.923. The number of hydrogen-bond donors (Lipinski definition) is 0. The predicted molar refractivity (Wildman–Crippen MR) is 64.9 cm³/mol. The molecule has 0 aliphatic carbocycles. The normalized spacial score (nSPS) is 9.80. The fourth-order valence-electron chi connectivity index (χ4n) is 1.55. The van der Waals surface area contributed by atoms with Gasteiger partial charge >= 0.3 is 90.4 Å². The SMILES string of the molecule is B=Nc1ccc(Cc2ccccc2)cc1. The van der Waals surface area contributed by atoms with Crippen molar-refractivity contribution in [2.45, 2.75) is 6.42 Å². The van der Waals surface area contributed by atoms with Crippen LogP contribution in [0.15, 0.2) is 59.5 Å². The van der Waals surface area contributed by atoms with Crippen LogP contribution in [0, 0.1) is 0 Å². The van der Waals surface area contributed by atoms with Crippen molar-refractivity contribution in [1.29, 1.82) is 0 Å². The van der Waals surface area contributed by atoms with Crippen molar-refractivity contribution in [1.82, 2.24) is 0 Å². The fraction of sp³-hybridized carbons (Fsp3) is 0.0769. The van der Waals surface area contributed by atoms with Gasteiger partial charge in [-0.2, -0.15) is 0 Å². The van der Waals surface area contributed by atoms with E-state index >= 15 is 0 Å². The van der Waals surface area contributed by atoms with Gasteiger partial charge < -0.3 is 0 Å². The standard InChI is InChI=1S/C13H12BN/c14-15-13-8-6-12(7-9-13)10-11-4-2-1-3-5-11/h1-9,14H,10H2. The van der Waals surface area contributed by atoms with Crippen LogP contribution >= 0.6 is 0 Å². The second-order valence-corrected chi connectivity index (χ2v) is 3.49. The third kappa shape index (κ3) is 2.63. The van der Waals surface area contributed by atoms with Crippen LogP contribution in [0.25, 0.3) is 0 Å². The van der Waals surface area contributed by atoms with Crippen molar-refractivity contribution >= 4 is 13.3 Å². The van der Waals surface area contributed by atoms with Crippen LogP contribution < -0.4 is 0 Å². The van der Waals surface area contributed by atoms with E-state index in [2.05, 4.69) is 48.9 Å². The van der Waals surface area contributed by atoms with Gasteiger partial charge in [0.25, 0.3) is 0 Å². The van der Waals surface area contributed by atoms with Crippen LogP contribution in [0.2, 0.25) is 0 Å². The van der Waals surface area contributed by atoms with Gasteiger partial charge in [0.1, 0.15) is 0 Å². The van der Waals surface area contributed by atoms with E-state index in [0.29, 0.717) is 0 Å². The molecule has 0 spiro atoms. The first-order chi connectivity index (χ1) is 7.38. The van der Waals surface area contributed by atoms with Crippen molar-refractivity contribution in [3.8, 4) is 0 Å². The van der Waals surface area contributed by atoms with Crippen LogP contribution in [0.5, 0.6) is 0 Å². The number of rotatable bonds is 3. The second kappa shape index (κ2) is 4.69. The van der Waals surface area contributed by atoms with E-state index in [-0.39, 0.29) is 0 Å². The number of benzene rings is 2. The molecule has 0 aliphatic heterocycles. The molecule has 0 aromatic heterocycles. The molecular weight excluding hydrogens is 181 g/mol. The number of nitrogens with zero attached hydrogens (tertiary/aromatic N) is 1. The molecule has 0 fully saturated rings. The van der Waals surface area contributed by atoms with Crippen LogP contribution in [0.4, 0.5) is 5.69 Å². The zero-order valence-corrected chi connectivity index (χ0v) is 8.56. The van der Waals surface area contributed by atoms with Gasteiger partial charge in [0.15, 0.2) is 0 Å². The third-order valence-corrected chi connectivity index (χ3v) is 2.37. The van der Waals surface area contributed by atoms with Crippen molar-refractivity contribution in [2.75, 3.05) is 0 Å². The molecule has 72 valence electrons. The minimum absolute atomic E-state index is 0.923. The molecule has 0 heterocycles. The summed E-state index contributed by atoms with van der Waals surface area (Å²) >= 11 is 0. The molecule has 0 aliphatic rings. The van der Waals surface area contributed by atoms with E-state index in [9.17, 15) is 0 Å². The molecule has 0 saturated carbocycles. The third-order valence-electron chi connectivity index (χ3n) is 2.37. The van der Waals surface area contributed by atoms with Gasteiger partial charge in [-0.15, -0.1) is 0 Å². The quantitative estimate of drug-likeness (QED) is 0.664. The van der Waals surface area contributed by atoms with Gasteiger partial charge in [-0.05, 0) is 0 Å². The number of hydrogen-bond acceptors (Lipinski definition) is 1. The van der Waals surface area contributed by atoms with Crippen LogP contribution in [0.1, 0.15) is 11.1 Å². The van der Waals surface area contributed by atoms with Crippen LogP contribution in [-0.4, -0.2) is 7.64 Å². The fourth-order valence-corrected chi connectivity index (χ4v) is 1.55. The molecule has 0 N–H and O–H groups in total. The Morgan fingerprint density at radius 2 is 1.40 bits per heavy atom. The molecule has 2 rings (SSSR count). The van der Waals surface area contributed by atoms with Gasteiger partial charge in [0, 0.05) is 0 Å². The van der Waals surface area contributed by atoms with Gasteiger partial charge in [-0.25, -0.2) is 0 Å². The molecule has 2 aromatic carbocycles. The van der Waals surface area contributed by atoms with E-state index < -0.39 is 0 Å². The maximum atomic E-state index is 3.87. The molecule has 0 saturated heterocycles. The van der Waals surface area contributed by atoms with Crippen molar-refractivity contribution in [2.24, 2.45) is 4.90 Å². The molecule has 0 amide bonds.